The van der Waals surface area contributed by atoms with Crippen LogP contribution < -0.4 is 0 Å². The van der Waals surface area contributed by atoms with Gasteiger partial charge in [-0.2, -0.15) is 0 Å². The van der Waals surface area contributed by atoms with Crippen LogP contribution in [0.4, 0.5) is 0 Å². The number of aldehydes is 1. The van der Waals surface area contributed by atoms with Gasteiger partial charge in [0, 0.05) is 18.9 Å². The van der Waals surface area contributed by atoms with Gasteiger partial charge in [-0.15, -0.1) is 6.58 Å². The first kappa shape index (κ1) is 22.1. The molecule has 1 rings (SSSR count). The number of sulfone groups is 1. The molecule has 1 atom stereocenters. The summed E-state index contributed by atoms with van der Waals surface area (Å²) < 4.78 is 34.3. The van der Waals surface area contributed by atoms with Gasteiger partial charge in [-0.1, -0.05) is 18.2 Å². The molecule has 0 bridgehead atoms. The maximum atomic E-state index is 11.7. The van der Waals surface area contributed by atoms with E-state index in [1.54, 1.807) is 26.0 Å². The molecule has 1 aromatic carbocycles. The first-order valence-electron chi connectivity index (χ1n) is 7.92. The van der Waals surface area contributed by atoms with E-state index in [1.165, 1.54) is 32.2 Å². The maximum Gasteiger partial charge on any atom is 0.185 e. The zero-order chi connectivity index (χ0) is 20.2. The Morgan fingerprint density at radius 2 is 1.77 bits per heavy atom. The van der Waals surface area contributed by atoms with Gasteiger partial charge in [-0.05, 0) is 38.5 Å². The quantitative estimate of drug-likeness (QED) is 0.305. The van der Waals surface area contributed by atoms with E-state index in [4.69, 9.17) is 9.47 Å². The molecular formula is C19H26O6S. The fourth-order valence-corrected chi connectivity index (χ4v) is 2.84. The number of rotatable bonds is 9. The van der Waals surface area contributed by atoms with Gasteiger partial charge in [-0.25, -0.2) is 8.42 Å². The van der Waals surface area contributed by atoms with Crippen LogP contribution in [0.25, 0.3) is 5.57 Å². The predicted molar refractivity (Wildman–Crippen MR) is 100 cm³/mol. The Balaban J connectivity index is 3.47. The van der Waals surface area contributed by atoms with E-state index in [0.29, 0.717) is 17.4 Å². The van der Waals surface area contributed by atoms with Crippen molar-refractivity contribution in [1.82, 2.24) is 0 Å². The van der Waals surface area contributed by atoms with E-state index in [9.17, 15) is 18.3 Å². The van der Waals surface area contributed by atoms with Gasteiger partial charge >= 0.3 is 0 Å². The average Bonchev–Trinajstić information content (AvgIpc) is 2.57. The highest BCUT2D eigenvalue weighted by atomic mass is 32.2. The van der Waals surface area contributed by atoms with Crippen LogP contribution >= 0.6 is 0 Å². The lowest BCUT2D eigenvalue weighted by Crippen LogP contribution is -2.30. The summed E-state index contributed by atoms with van der Waals surface area (Å²) in [6.07, 6.45) is 2.98. The Hall–Kier alpha value is -1.96. The van der Waals surface area contributed by atoms with Crippen molar-refractivity contribution in [2.45, 2.75) is 36.9 Å². The minimum Gasteiger partial charge on any atom is -0.486 e. The number of methoxy groups -OCH3 is 1. The zero-order valence-electron chi connectivity index (χ0n) is 15.8. The Bertz CT molecular complexity index is 786. The fraction of sp³-hybridized carbons (Fsp3) is 0.421. The van der Waals surface area contributed by atoms with Gasteiger partial charge in [0.1, 0.15) is 12.2 Å². The lowest BCUT2D eigenvalue weighted by molar-refractivity contribution is -0.108. The van der Waals surface area contributed by atoms with Crippen molar-refractivity contribution in [2.75, 3.05) is 20.0 Å². The van der Waals surface area contributed by atoms with Crippen molar-refractivity contribution in [3.63, 3.8) is 0 Å². The Morgan fingerprint density at radius 1 is 1.23 bits per heavy atom. The van der Waals surface area contributed by atoms with Crippen molar-refractivity contribution in [3.05, 3.63) is 48.2 Å². The maximum absolute atomic E-state index is 11.7. The summed E-state index contributed by atoms with van der Waals surface area (Å²) in [5, 5.41) is 10.0. The Morgan fingerprint density at radius 3 is 2.15 bits per heavy atom. The van der Waals surface area contributed by atoms with Crippen LogP contribution in [-0.4, -0.2) is 51.0 Å². The number of allylic oxidation sites excluding steroid dienone is 1. The topological polar surface area (TPSA) is 89.9 Å². The van der Waals surface area contributed by atoms with Crippen LogP contribution in [0.3, 0.4) is 0 Å². The van der Waals surface area contributed by atoms with Crippen LogP contribution in [-0.2, 0) is 24.1 Å². The van der Waals surface area contributed by atoms with Gasteiger partial charge in [0.15, 0.2) is 21.9 Å². The van der Waals surface area contributed by atoms with Crippen LogP contribution in [0.15, 0.2) is 47.6 Å². The number of hydrogen-bond donors (Lipinski definition) is 1. The molecule has 1 unspecified atom stereocenters. The first-order valence-corrected chi connectivity index (χ1v) is 9.81. The molecule has 0 fully saturated rings. The molecule has 0 amide bonds. The van der Waals surface area contributed by atoms with E-state index < -0.39 is 21.0 Å². The largest absolute Gasteiger partial charge is 0.486 e. The molecule has 6 nitrogen and oxygen atoms in total. The minimum absolute atomic E-state index is 0.00826. The molecule has 26 heavy (non-hydrogen) atoms. The van der Waals surface area contributed by atoms with Crippen LogP contribution in [0.5, 0.6) is 0 Å². The summed E-state index contributed by atoms with van der Waals surface area (Å²) in [7, 11) is -1.84. The number of benzene rings is 1. The first-order chi connectivity index (χ1) is 11.9. The SMILES string of the molecule is C=CC(C)(O)CO/C(C=O)=C(\c1ccc(S(C)(=O)=O)cc1)C(C)(C)OC. The summed E-state index contributed by atoms with van der Waals surface area (Å²) in [5.74, 6) is -0.00826. The normalized spacial score (nSPS) is 15.6. The molecule has 0 aromatic heterocycles. The van der Waals surface area contributed by atoms with E-state index in [0.717, 1.165) is 6.26 Å². The second-order valence-electron chi connectivity index (χ2n) is 6.72. The molecule has 0 aliphatic carbocycles. The molecule has 0 radical (unpaired) electrons. The van der Waals surface area contributed by atoms with Gasteiger partial charge in [0.05, 0.1) is 10.5 Å². The third-order valence-electron chi connectivity index (χ3n) is 4.00. The molecular weight excluding hydrogens is 356 g/mol. The average molecular weight is 382 g/mol. The zero-order valence-corrected chi connectivity index (χ0v) is 16.6. The molecule has 0 saturated heterocycles. The lowest BCUT2D eigenvalue weighted by atomic mass is 9.90. The number of carbonyl (C=O) groups excluding carboxylic acids is 1. The second kappa shape index (κ2) is 8.16. The van der Waals surface area contributed by atoms with Crippen molar-refractivity contribution < 1.29 is 27.8 Å². The molecule has 0 spiro atoms. The summed E-state index contributed by atoms with van der Waals surface area (Å²) in [6, 6.07) is 6.09. The summed E-state index contributed by atoms with van der Waals surface area (Å²) in [5.41, 5.74) is -1.20. The Kier molecular flexibility index (Phi) is 6.93. The lowest BCUT2D eigenvalue weighted by Gasteiger charge is -2.29. The van der Waals surface area contributed by atoms with Crippen LogP contribution in [0, 0.1) is 0 Å². The third kappa shape index (κ3) is 5.52. The molecule has 1 aromatic rings. The highest BCUT2D eigenvalue weighted by Gasteiger charge is 2.30. The van der Waals surface area contributed by atoms with Gasteiger partial charge in [-0.3, -0.25) is 4.79 Å². The predicted octanol–water partition coefficient (Wildman–Crippen LogP) is 2.38. The van der Waals surface area contributed by atoms with E-state index >= 15 is 0 Å². The molecule has 0 saturated carbocycles. The third-order valence-corrected chi connectivity index (χ3v) is 5.13. The van der Waals surface area contributed by atoms with E-state index in [2.05, 4.69) is 6.58 Å². The standard InChI is InChI=1S/C19H26O6S/c1-7-19(4,21)13-25-16(12-20)17(18(2,3)24-5)14-8-10-15(11-9-14)26(6,22)23/h7-12,21H,1,13H2,2-6H3/b17-16+. The van der Waals surface area contributed by atoms with Crippen molar-refractivity contribution in [1.29, 1.82) is 0 Å². The van der Waals surface area contributed by atoms with Gasteiger partial charge in [0.25, 0.3) is 0 Å². The minimum atomic E-state index is -3.34. The highest BCUT2D eigenvalue weighted by molar-refractivity contribution is 7.90. The number of carbonyl (C=O) groups is 1. The van der Waals surface area contributed by atoms with E-state index in [-0.39, 0.29) is 17.3 Å². The molecule has 1 N–H and O–H groups in total. The molecule has 7 heteroatoms. The van der Waals surface area contributed by atoms with Crippen molar-refractivity contribution in [2.24, 2.45) is 0 Å². The van der Waals surface area contributed by atoms with Gasteiger partial charge in [0.2, 0.25) is 0 Å². The number of aliphatic hydroxyl groups is 1. The molecule has 0 heterocycles. The Labute approximate surface area is 155 Å². The smallest absolute Gasteiger partial charge is 0.185 e. The van der Waals surface area contributed by atoms with Crippen molar-refractivity contribution in [3.8, 4) is 0 Å². The number of hydrogen-bond acceptors (Lipinski definition) is 6. The van der Waals surface area contributed by atoms with Crippen molar-refractivity contribution >= 4 is 21.7 Å². The van der Waals surface area contributed by atoms with Crippen LogP contribution in [0.2, 0.25) is 0 Å². The van der Waals surface area contributed by atoms with Gasteiger partial charge < -0.3 is 14.6 Å². The summed E-state index contributed by atoms with van der Waals surface area (Å²) >= 11 is 0. The van der Waals surface area contributed by atoms with Crippen LogP contribution in [0.1, 0.15) is 26.3 Å². The summed E-state index contributed by atoms with van der Waals surface area (Å²) in [4.78, 5) is 11.8. The number of ether oxygens (including phenoxy) is 2. The second-order valence-corrected chi connectivity index (χ2v) is 8.73. The summed E-state index contributed by atoms with van der Waals surface area (Å²) in [6.45, 7) is 8.36. The molecule has 0 aliphatic rings. The molecule has 144 valence electrons. The highest BCUT2D eigenvalue weighted by Crippen LogP contribution is 2.33. The fourth-order valence-electron chi connectivity index (χ4n) is 2.21. The monoisotopic (exact) mass is 382 g/mol. The molecule has 0 aliphatic heterocycles. The van der Waals surface area contributed by atoms with E-state index in [1.807, 2.05) is 0 Å².